The second kappa shape index (κ2) is 6.24. The van der Waals surface area contributed by atoms with E-state index in [2.05, 4.69) is 17.2 Å². The number of halogens is 1. The van der Waals surface area contributed by atoms with Crippen LogP contribution in [0, 0.1) is 5.92 Å². The summed E-state index contributed by atoms with van der Waals surface area (Å²) >= 11 is 6.16. The first-order valence-electron chi connectivity index (χ1n) is 6.71. The predicted molar refractivity (Wildman–Crippen MR) is 77.2 cm³/mol. The van der Waals surface area contributed by atoms with Crippen molar-refractivity contribution in [2.45, 2.75) is 32.7 Å². The normalized spacial score (nSPS) is 20.3. The standard InChI is InChI=1S/C14H20ClN3O/c1-10-3-6-14(19)18(8-7-10)9-12-11(15)4-5-13(16-2)17-12/h4-5,10H,3,6-9H2,1-2H3,(H,16,17). The lowest BCUT2D eigenvalue weighted by Gasteiger charge is -2.21. The number of likely N-dealkylation sites (tertiary alicyclic amines) is 1. The molecule has 1 unspecified atom stereocenters. The van der Waals surface area contributed by atoms with Gasteiger partial charge in [0, 0.05) is 20.0 Å². The van der Waals surface area contributed by atoms with Crippen molar-refractivity contribution in [1.82, 2.24) is 9.88 Å². The highest BCUT2D eigenvalue weighted by atomic mass is 35.5. The first-order chi connectivity index (χ1) is 9.10. The van der Waals surface area contributed by atoms with Crippen molar-refractivity contribution in [2.75, 3.05) is 18.9 Å². The smallest absolute Gasteiger partial charge is 0.222 e. The van der Waals surface area contributed by atoms with Crippen molar-refractivity contribution in [3.05, 3.63) is 22.8 Å². The van der Waals surface area contributed by atoms with Crippen LogP contribution in [0.15, 0.2) is 12.1 Å². The Hall–Kier alpha value is -1.29. The van der Waals surface area contributed by atoms with Crippen LogP contribution in [0.5, 0.6) is 0 Å². The first-order valence-corrected chi connectivity index (χ1v) is 7.09. The van der Waals surface area contributed by atoms with Gasteiger partial charge in [0.15, 0.2) is 0 Å². The van der Waals surface area contributed by atoms with Gasteiger partial charge in [0.2, 0.25) is 5.91 Å². The van der Waals surface area contributed by atoms with Gasteiger partial charge in [-0.3, -0.25) is 4.79 Å². The number of amides is 1. The molecule has 0 saturated carbocycles. The van der Waals surface area contributed by atoms with E-state index in [0.29, 0.717) is 23.9 Å². The highest BCUT2D eigenvalue weighted by Gasteiger charge is 2.21. The molecule has 0 aromatic carbocycles. The molecule has 1 aromatic heterocycles. The molecule has 1 aliphatic rings. The number of carbonyl (C=O) groups excluding carboxylic acids is 1. The summed E-state index contributed by atoms with van der Waals surface area (Å²) in [6, 6.07) is 3.65. The molecule has 0 radical (unpaired) electrons. The number of aromatic nitrogens is 1. The molecule has 1 saturated heterocycles. The summed E-state index contributed by atoms with van der Waals surface area (Å²) in [7, 11) is 1.82. The predicted octanol–water partition coefficient (Wildman–Crippen LogP) is 2.93. The molecule has 0 bridgehead atoms. The highest BCUT2D eigenvalue weighted by molar-refractivity contribution is 6.31. The zero-order valence-electron chi connectivity index (χ0n) is 11.4. The molecule has 1 aliphatic heterocycles. The molecule has 1 atom stereocenters. The van der Waals surface area contributed by atoms with Gasteiger partial charge >= 0.3 is 0 Å². The number of rotatable bonds is 3. The van der Waals surface area contributed by atoms with Gasteiger partial charge in [-0.05, 0) is 30.9 Å². The second-order valence-corrected chi connectivity index (χ2v) is 5.53. The Labute approximate surface area is 119 Å². The van der Waals surface area contributed by atoms with E-state index in [-0.39, 0.29) is 5.91 Å². The number of nitrogens with zero attached hydrogens (tertiary/aromatic N) is 2. The molecule has 5 heteroatoms. The quantitative estimate of drug-likeness (QED) is 0.926. The van der Waals surface area contributed by atoms with E-state index in [9.17, 15) is 4.79 Å². The Morgan fingerprint density at radius 2 is 2.26 bits per heavy atom. The molecule has 1 N–H and O–H groups in total. The van der Waals surface area contributed by atoms with E-state index in [1.54, 1.807) is 0 Å². The van der Waals surface area contributed by atoms with Crippen LogP contribution in [-0.2, 0) is 11.3 Å². The fraction of sp³-hybridized carbons (Fsp3) is 0.571. The summed E-state index contributed by atoms with van der Waals surface area (Å²) in [6.45, 7) is 3.49. The molecule has 104 valence electrons. The van der Waals surface area contributed by atoms with E-state index in [1.165, 1.54) is 0 Å². The zero-order valence-corrected chi connectivity index (χ0v) is 12.2. The number of hydrogen-bond donors (Lipinski definition) is 1. The topological polar surface area (TPSA) is 45.2 Å². The van der Waals surface area contributed by atoms with Crippen LogP contribution in [0.3, 0.4) is 0 Å². The van der Waals surface area contributed by atoms with E-state index in [1.807, 2.05) is 24.1 Å². The lowest BCUT2D eigenvalue weighted by atomic mass is 10.0. The van der Waals surface area contributed by atoms with Crippen molar-refractivity contribution in [3.63, 3.8) is 0 Å². The van der Waals surface area contributed by atoms with Gasteiger partial charge in [0.05, 0.1) is 17.3 Å². The molecule has 1 aromatic rings. The minimum absolute atomic E-state index is 0.206. The Morgan fingerprint density at radius 3 is 3.00 bits per heavy atom. The maximum atomic E-state index is 12.1. The lowest BCUT2D eigenvalue weighted by Crippen LogP contribution is -2.30. The Bertz CT molecular complexity index is 464. The van der Waals surface area contributed by atoms with Crippen molar-refractivity contribution in [1.29, 1.82) is 0 Å². The summed E-state index contributed by atoms with van der Waals surface area (Å²) in [5.41, 5.74) is 0.761. The summed E-state index contributed by atoms with van der Waals surface area (Å²) < 4.78 is 0. The van der Waals surface area contributed by atoms with E-state index in [0.717, 1.165) is 30.9 Å². The van der Waals surface area contributed by atoms with Gasteiger partial charge in [-0.2, -0.15) is 0 Å². The zero-order chi connectivity index (χ0) is 13.8. The number of carbonyl (C=O) groups is 1. The molecule has 1 amide bonds. The van der Waals surface area contributed by atoms with Crippen LogP contribution >= 0.6 is 11.6 Å². The van der Waals surface area contributed by atoms with Crippen molar-refractivity contribution < 1.29 is 4.79 Å². The Balaban J connectivity index is 2.13. The lowest BCUT2D eigenvalue weighted by molar-refractivity contribution is -0.131. The van der Waals surface area contributed by atoms with Crippen LogP contribution in [0.1, 0.15) is 31.9 Å². The van der Waals surface area contributed by atoms with Crippen LogP contribution in [0.25, 0.3) is 0 Å². The highest BCUT2D eigenvalue weighted by Crippen LogP contribution is 2.22. The molecular weight excluding hydrogens is 262 g/mol. The SMILES string of the molecule is CNc1ccc(Cl)c(CN2CCC(C)CCC2=O)n1. The summed E-state index contributed by atoms with van der Waals surface area (Å²) in [5, 5.41) is 3.60. The third kappa shape index (κ3) is 3.60. The molecule has 0 spiro atoms. The molecular formula is C14H20ClN3O. The summed E-state index contributed by atoms with van der Waals surface area (Å²) in [4.78, 5) is 18.4. The van der Waals surface area contributed by atoms with Crippen molar-refractivity contribution >= 4 is 23.3 Å². The molecule has 19 heavy (non-hydrogen) atoms. The number of pyridine rings is 1. The summed E-state index contributed by atoms with van der Waals surface area (Å²) in [6.07, 6.45) is 2.66. The maximum Gasteiger partial charge on any atom is 0.222 e. The van der Waals surface area contributed by atoms with Crippen LogP contribution in [0.4, 0.5) is 5.82 Å². The maximum absolute atomic E-state index is 12.1. The van der Waals surface area contributed by atoms with Gasteiger partial charge in [-0.25, -0.2) is 4.98 Å². The van der Waals surface area contributed by atoms with E-state index >= 15 is 0 Å². The van der Waals surface area contributed by atoms with E-state index in [4.69, 9.17) is 11.6 Å². The fourth-order valence-electron chi connectivity index (χ4n) is 2.26. The molecule has 2 heterocycles. The first kappa shape index (κ1) is 14.1. The van der Waals surface area contributed by atoms with Crippen molar-refractivity contribution in [3.8, 4) is 0 Å². The van der Waals surface area contributed by atoms with E-state index < -0.39 is 0 Å². The fourth-order valence-corrected chi connectivity index (χ4v) is 2.42. The monoisotopic (exact) mass is 281 g/mol. The minimum Gasteiger partial charge on any atom is -0.373 e. The summed E-state index contributed by atoms with van der Waals surface area (Å²) in [5.74, 6) is 1.59. The van der Waals surface area contributed by atoms with Crippen LogP contribution in [-0.4, -0.2) is 29.4 Å². The molecule has 2 rings (SSSR count). The number of nitrogens with one attached hydrogen (secondary N) is 1. The Kier molecular flexibility index (Phi) is 4.64. The average Bonchev–Trinajstić information content (AvgIpc) is 2.56. The van der Waals surface area contributed by atoms with Crippen molar-refractivity contribution in [2.24, 2.45) is 5.92 Å². The second-order valence-electron chi connectivity index (χ2n) is 5.12. The molecule has 4 nitrogen and oxygen atoms in total. The molecule has 1 fully saturated rings. The molecule has 0 aliphatic carbocycles. The largest absolute Gasteiger partial charge is 0.373 e. The number of hydrogen-bond acceptors (Lipinski definition) is 3. The third-order valence-corrected chi connectivity index (χ3v) is 3.96. The Morgan fingerprint density at radius 1 is 1.47 bits per heavy atom. The van der Waals surface area contributed by atoms with Crippen LogP contribution < -0.4 is 5.32 Å². The van der Waals surface area contributed by atoms with Crippen LogP contribution in [0.2, 0.25) is 5.02 Å². The van der Waals surface area contributed by atoms with Gasteiger partial charge < -0.3 is 10.2 Å². The van der Waals surface area contributed by atoms with Gasteiger partial charge in [0.25, 0.3) is 0 Å². The third-order valence-electron chi connectivity index (χ3n) is 3.61. The van der Waals surface area contributed by atoms with Gasteiger partial charge in [0.1, 0.15) is 5.82 Å². The average molecular weight is 282 g/mol. The van der Waals surface area contributed by atoms with Gasteiger partial charge in [-0.15, -0.1) is 0 Å². The number of anilines is 1. The van der Waals surface area contributed by atoms with Gasteiger partial charge in [-0.1, -0.05) is 18.5 Å². The minimum atomic E-state index is 0.206.